The molecule has 2 aromatic carbocycles. The number of hydrogen-bond acceptors (Lipinski definition) is 4. The number of ether oxygens (including phenoxy) is 1. The monoisotopic (exact) mass is 408 g/mol. The molecule has 1 aromatic heterocycles. The van der Waals surface area contributed by atoms with E-state index < -0.39 is 16.9 Å². The highest BCUT2D eigenvalue weighted by atomic mass is 16.5. The maximum atomic E-state index is 12.8. The quantitative estimate of drug-likeness (QED) is 0.629. The molecule has 0 radical (unpaired) electrons. The Bertz CT molecular complexity index is 1130. The number of hydrogen-bond donors (Lipinski definition) is 2. The van der Waals surface area contributed by atoms with E-state index in [1.165, 1.54) is 4.57 Å². The van der Waals surface area contributed by atoms with E-state index in [4.69, 9.17) is 4.74 Å². The lowest BCUT2D eigenvalue weighted by Gasteiger charge is -2.36. The van der Waals surface area contributed by atoms with Gasteiger partial charge in [-0.2, -0.15) is 0 Å². The van der Waals surface area contributed by atoms with E-state index in [0.29, 0.717) is 12.2 Å². The summed E-state index contributed by atoms with van der Waals surface area (Å²) in [5.41, 5.74) is 0.377. The van der Waals surface area contributed by atoms with Crippen molar-refractivity contribution < 1.29 is 9.84 Å². The van der Waals surface area contributed by atoms with Gasteiger partial charge in [-0.15, -0.1) is 0 Å². The number of rotatable bonds is 7. The van der Waals surface area contributed by atoms with E-state index in [1.54, 1.807) is 6.92 Å². The minimum atomic E-state index is -1.54. The van der Waals surface area contributed by atoms with Crippen molar-refractivity contribution in [1.29, 1.82) is 0 Å². The van der Waals surface area contributed by atoms with Crippen molar-refractivity contribution in [3.8, 4) is 0 Å². The van der Waals surface area contributed by atoms with Gasteiger partial charge in [-0.1, -0.05) is 68.4 Å². The zero-order valence-electron chi connectivity index (χ0n) is 17.8. The van der Waals surface area contributed by atoms with Crippen LogP contribution in [0, 0.1) is 19.8 Å². The van der Waals surface area contributed by atoms with Crippen molar-refractivity contribution in [3.63, 3.8) is 0 Å². The van der Waals surface area contributed by atoms with Crippen LogP contribution in [-0.4, -0.2) is 14.7 Å². The highest BCUT2D eigenvalue weighted by molar-refractivity contribution is 5.41. The Morgan fingerprint density at radius 2 is 1.67 bits per heavy atom. The molecule has 1 atom stereocenters. The van der Waals surface area contributed by atoms with Gasteiger partial charge in [0.05, 0.1) is 12.3 Å². The molecule has 0 amide bonds. The predicted octanol–water partition coefficient (Wildman–Crippen LogP) is 3.22. The number of aromatic nitrogens is 2. The Morgan fingerprint density at radius 3 is 2.30 bits per heavy atom. The Hall–Kier alpha value is -2.96. The van der Waals surface area contributed by atoms with Crippen molar-refractivity contribution in [1.82, 2.24) is 9.55 Å². The topological polar surface area (TPSA) is 84.3 Å². The fraction of sp³-hybridized carbons (Fsp3) is 0.333. The third kappa shape index (κ3) is 4.01. The molecule has 6 nitrogen and oxygen atoms in total. The summed E-state index contributed by atoms with van der Waals surface area (Å²) in [4.78, 5) is 27.6. The molecule has 0 fully saturated rings. The summed E-state index contributed by atoms with van der Waals surface area (Å²) in [7, 11) is 0. The molecule has 158 valence electrons. The lowest BCUT2D eigenvalue weighted by molar-refractivity contribution is 0.00408. The number of aromatic amines is 1. The zero-order valence-corrected chi connectivity index (χ0v) is 17.8. The van der Waals surface area contributed by atoms with Gasteiger partial charge in [-0.3, -0.25) is 14.3 Å². The van der Waals surface area contributed by atoms with Crippen LogP contribution < -0.4 is 11.2 Å². The largest absolute Gasteiger partial charge is 0.379 e. The first kappa shape index (κ1) is 21.7. The third-order valence-corrected chi connectivity index (χ3v) is 5.52. The summed E-state index contributed by atoms with van der Waals surface area (Å²) >= 11 is 0. The van der Waals surface area contributed by atoms with Crippen LogP contribution in [0.4, 0.5) is 0 Å². The number of aryl methyl sites for hydroxylation is 1. The van der Waals surface area contributed by atoms with Crippen LogP contribution in [0.5, 0.6) is 0 Å². The van der Waals surface area contributed by atoms with Gasteiger partial charge in [-0.05, 0) is 36.5 Å². The molecule has 30 heavy (non-hydrogen) atoms. The molecule has 0 aliphatic rings. The van der Waals surface area contributed by atoms with E-state index in [0.717, 1.165) is 11.1 Å². The standard InChI is InChI=1S/C24H28N2O4/c1-16(2)24(29,20-13-9-8-10-17(20)3)21-18(4)22(27)25-23(28)26(21)15-30-14-19-11-6-5-7-12-19/h5-13,16,29H,14-15H2,1-4H3,(H,25,27,28). The normalized spacial score (nSPS) is 13.4. The third-order valence-electron chi connectivity index (χ3n) is 5.52. The predicted molar refractivity (Wildman–Crippen MR) is 116 cm³/mol. The molecule has 0 saturated carbocycles. The molecule has 0 bridgehead atoms. The van der Waals surface area contributed by atoms with Crippen LogP contribution in [0.3, 0.4) is 0 Å². The Balaban J connectivity index is 2.13. The summed E-state index contributed by atoms with van der Waals surface area (Å²) in [5, 5.41) is 12.0. The van der Waals surface area contributed by atoms with Crippen LogP contribution in [0.2, 0.25) is 0 Å². The molecule has 1 unspecified atom stereocenters. The van der Waals surface area contributed by atoms with E-state index in [2.05, 4.69) is 4.98 Å². The minimum absolute atomic E-state index is 0.0956. The molecule has 3 rings (SSSR count). The number of nitrogens with one attached hydrogen (secondary N) is 1. The highest BCUT2D eigenvalue weighted by Crippen LogP contribution is 2.38. The highest BCUT2D eigenvalue weighted by Gasteiger charge is 2.41. The van der Waals surface area contributed by atoms with Crippen LogP contribution in [0.25, 0.3) is 0 Å². The summed E-state index contributed by atoms with van der Waals surface area (Å²) in [5.74, 6) is -0.307. The van der Waals surface area contributed by atoms with E-state index >= 15 is 0 Å². The van der Waals surface area contributed by atoms with Gasteiger partial charge in [-0.25, -0.2) is 4.79 Å². The second kappa shape index (κ2) is 8.81. The van der Waals surface area contributed by atoms with Crippen LogP contribution >= 0.6 is 0 Å². The smallest absolute Gasteiger partial charge is 0.330 e. The average molecular weight is 408 g/mol. The van der Waals surface area contributed by atoms with Gasteiger partial charge in [0.25, 0.3) is 5.56 Å². The van der Waals surface area contributed by atoms with Crippen molar-refractivity contribution in [2.75, 3.05) is 0 Å². The fourth-order valence-corrected chi connectivity index (χ4v) is 3.83. The number of benzene rings is 2. The van der Waals surface area contributed by atoms with Crippen LogP contribution in [0.1, 0.15) is 41.8 Å². The molecule has 6 heteroatoms. The Labute approximate surface area is 175 Å². The van der Waals surface area contributed by atoms with Gasteiger partial charge >= 0.3 is 5.69 Å². The Morgan fingerprint density at radius 1 is 1.03 bits per heavy atom. The summed E-state index contributed by atoms with van der Waals surface area (Å²) in [6.45, 7) is 7.46. The first-order valence-corrected chi connectivity index (χ1v) is 10.0. The minimum Gasteiger partial charge on any atom is -0.379 e. The number of nitrogens with zero attached hydrogens (tertiary/aromatic N) is 1. The van der Waals surface area contributed by atoms with Gasteiger partial charge in [0.1, 0.15) is 12.3 Å². The average Bonchev–Trinajstić information content (AvgIpc) is 2.72. The SMILES string of the molecule is Cc1ccccc1C(O)(c1c(C)c(=O)[nH]c(=O)n1COCc1ccccc1)C(C)C. The molecular weight excluding hydrogens is 380 g/mol. The zero-order chi connectivity index (χ0) is 21.9. The number of aliphatic hydroxyl groups is 1. The molecule has 0 aliphatic heterocycles. The summed E-state index contributed by atoms with van der Waals surface area (Å²) in [6, 6.07) is 17.1. The van der Waals surface area contributed by atoms with Crippen LogP contribution in [0.15, 0.2) is 64.2 Å². The maximum absolute atomic E-state index is 12.8. The second-order valence-electron chi connectivity index (χ2n) is 7.86. The van der Waals surface area contributed by atoms with Crippen LogP contribution in [-0.2, 0) is 23.7 Å². The van der Waals surface area contributed by atoms with E-state index in [9.17, 15) is 14.7 Å². The lowest BCUT2D eigenvalue weighted by Crippen LogP contribution is -2.45. The van der Waals surface area contributed by atoms with Crippen molar-refractivity contribution in [2.24, 2.45) is 5.92 Å². The summed E-state index contributed by atoms with van der Waals surface area (Å²) < 4.78 is 7.12. The molecule has 3 aromatic rings. The first-order chi connectivity index (χ1) is 14.3. The van der Waals surface area contributed by atoms with Gasteiger partial charge in [0, 0.05) is 5.56 Å². The van der Waals surface area contributed by atoms with Gasteiger partial charge < -0.3 is 9.84 Å². The Kier molecular flexibility index (Phi) is 6.39. The van der Waals surface area contributed by atoms with Crippen molar-refractivity contribution in [2.45, 2.75) is 46.6 Å². The molecule has 0 saturated heterocycles. The van der Waals surface area contributed by atoms with Crippen molar-refractivity contribution >= 4 is 0 Å². The van der Waals surface area contributed by atoms with E-state index in [1.807, 2.05) is 75.4 Å². The molecule has 0 spiro atoms. The lowest BCUT2D eigenvalue weighted by atomic mass is 9.77. The van der Waals surface area contributed by atoms with Gasteiger partial charge in [0.2, 0.25) is 0 Å². The molecular formula is C24H28N2O4. The van der Waals surface area contributed by atoms with E-state index in [-0.39, 0.29) is 23.9 Å². The van der Waals surface area contributed by atoms with Crippen molar-refractivity contribution in [3.05, 3.63) is 103 Å². The fourth-order valence-electron chi connectivity index (χ4n) is 3.83. The second-order valence-corrected chi connectivity index (χ2v) is 7.86. The number of H-pyrrole nitrogens is 1. The molecule has 2 N–H and O–H groups in total. The van der Waals surface area contributed by atoms with Gasteiger partial charge in [0.15, 0.2) is 0 Å². The molecule has 0 aliphatic carbocycles. The molecule has 1 heterocycles. The summed E-state index contributed by atoms with van der Waals surface area (Å²) in [6.07, 6.45) is 0. The first-order valence-electron chi connectivity index (χ1n) is 10.0. The maximum Gasteiger partial charge on any atom is 0.330 e.